The molecule has 1 aliphatic rings. The number of carbonyl (C=O) groups excluding carboxylic acids is 3. The monoisotopic (exact) mass is 349 g/mol. The molecule has 2 atom stereocenters. The molecule has 136 valence electrons. The van der Waals surface area contributed by atoms with Crippen LogP contribution in [0, 0.1) is 5.92 Å². The molecule has 0 N–H and O–H groups in total. The Labute approximate surface area is 146 Å². The minimum atomic E-state index is -1.08. The van der Waals surface area contributed by atoms with Gasteiger partial charge in [-0.2, -0.15) is 0 Å². The summed E-state index contributed by atoms with van der Waals surface area (Å²) < 4.78 is 15.3. The SMILES string of the molecule is COC(=O)[C@H]1C(=O)CN(C(=O)OC(C)(C)C)[C@@H]1c1ccc(OC)cc1. The zero-order valence-corrected chi connectivity index (χ0v) is 15.1. The first kappa shape index (κ1) is 18.8. The van der Waals surface area contributed by atoms with Crippen molar-refractivity contribution in [3.63, 3.8) is 0 Å². The largest absolute Gasteiger partial charge is 0.497 e. The predicted molar refractivity (Wildman–Crippen MR) is 89.2 cm³/mol. The number of likely N-dealkylation sites (tertiary alicyclic amines) is 1. The van der Waals surface area contributed by atoms with Gasteiger partial charge in [-0.25, -0.2) is 4.79 Å². The molecule has 0 bridgehead atoms. The molecule has 1 saturated heterocycles. The first-order chi connectivity index (χ1) is 11.7. The number of hydrogen-bond donors (Lipinski definition) is 0. The van der Waals surface area contributed by atoms with Crippen LogP contribution < -0.4 is 4.74 Å². The number of methoxy groups -OCH3 is 2. The summed E-state index contributed by atoms with van der Waals surface area (Å²) in [6, 6.07) is 6.07. The highest BCUT2D eigenvalue weighted by Gasteiger charge is 2.49. The van der Waals surface area contributed by atoms with E-state index in [1.54, 1.807) is 52.1 Å². The molecule has 0 saturated carbocycles. The van der Waals surface area contributed by atoms with Gasteiger partial charge in [-0.05, 0) is 38.5 Å². The Balaban J connectivity index is 2.41. The van der Waals surface area contributed by atoms with Crippen molar-refractivity contribution < 1.29 is 28.6 Å². The van der Waals surface area contributed by atoms with Gasteiger partial charge in [0.2, 0.25) is 0 Å². The number of ketones is 1. The Morgan fingerprint density at radius 2 is 1.72 bits per heavy atom. The van der Waals surface area contributed by atoms with Crippen molar-refractivity contribution in [3.8, 4) is 5.75 Å². The molecule has 0 unspecified atom stereocenters. The van der Waals surface area contributed by atoms with E-state index >= 15 is 0 Å². The van der Waals surface area contributed by atoms with Crippen LogP contribution in [0.2, 0.25) is 0 Å². The van der Waals surface area contributed by atoms with Gasteiger partial charge in [0, 0.05) is 0 Å². The van der Waals surface area contributed by atoms with Crippen LogP contribution in [0.1, 0.15) is 32.4 Å². The van der Waals surface area contributed by atoms with Crippen molar-refractivity contribution in [2.24, 2.45) is 5.92 Å². The lowest BCUT2D eigenvalue weighted by Crippen LogP contribution is -2.38. The van der Waals surface area contributed by atoms with E-state index in [0.717, 1.165) is 0 Å². The summed E-state index contributed by atoms with van der Waals surface area (Å²) >= 11 is 0. The molecule has 0 radical (unpaired) electrons. The number of amides is 1. The summed E-state index contributed by atoms with van der Waals surface area (Å²) in [4.78, 5) is 38.3. The molecule has 1 heterocycles. The van der Waals surface area contributed by atoms with Gasteiger partial charge in [-0.1, -0.05) is 12.1 Å². The first-order valence-electron chi connectivity index (χ1n) is 7.92. The van der Waals surface area contributed by atoms with Gasteiger partial charge < -0.3 is 14.2 Å². The number of esters is 1. The number of carbonyl (C=O) groups is 3. The van der Waals surface area contributed by atoms with Crippen LogP contribution in [0.25, 0.3) is 0 Å². The summed E-state index contributed by atoms with van der Waals surface area (Å²) in [5, 5.41) is 0. The molecule has 1 aromatic carbocycles. The van der Waals surface area contributed by atoms with Gasteiger partial charge in [-0.15, -0.1) is 0 Å². The minimum Gasteiger partial charge on any atom is -0.497 e. The van der Waals surface area contributed by atoms with Crippen molar-refractivity contribution in [2.75, 3.05) is 20.8 Å². The van der Waals surface area contributed by atoms with Gasteiger partial charge in [-0.3, -0.25) is 14.5 Å². The second kappa shape index (κ2) is 7.13. The van der Waals surface area contributed by atoms with Crippen LogP contribution in [0.4, 0.5) is 4.79 Å². The van der Waals surface area contributed by atoms with Crippen LogP contribution in [0.3, 0.4) is 0 Å². The van der Waals surface area contributed by atoms with E-state index < -0.39 is 29.6 Å². The summed E-state index contributed by atoms with van der Waals surface area (Å²) in [6.45, 7) is 5.01. The van der Waals surface area contributed by atoms with E-state index in [1.165, 1.54) is 12.0 Å². The molecule has 1 aliphatic heterocycles. The maximum Gasteiger partial charge on any atom is 0.411 e. The smallest absolute Gasteiger partial charge is 0.411 e. The Morgan fingerprint density at radius 1 is 1.12 bits per heavy atom. The molecule has 1 aromatic rings. The van der Waals surface area contributed by atoms with Gasteiger partial charge in [0.1, 0.15) is 17.3 Å². The van der Waals surface area contributed by atoms with Crippen molar-refractivity contribution in [3.05, 3.63) is 29.8 Å². The zero-order chi connectivity index (χ0) is 18.8. The Kier molecular flexibility index (Phi) is 5.35. The van der Waals surface area contributed by atoms with E-state index in [0.29, 0.717) is 11.3 Å². The summed E-state index contributed by atoms with van der Waals surface area (Å²) in [7, 11) is 2.76. The van der Waals surface area contributed by atoms with Gasteiger partial charge >= 0.3 is 12.1 Å². The molecule has 7 heteroatoms. The minimum absolute atomic E-state index is 0.203. The molecule has 1 fully saturated rings. The lowest BCUT2D eigenvalue weighted by Gasteiger charge is -2.29. The number of nitrogens with zero attached hydrogens (tertiary/aromatic N) is 1. The number of hydrogen-bond acceptors (Lipinski definition) is 6. The van der Waals surface area contributed by atoms with E-state index in [-0.39, 0.29) is 12.3 Å². The third-order valence-electron chi connectivity index (χ3n) is 3.87. The molecule has 7 nitrogen and oxygen atoms in total. The highest BCUT2D eigenvalue weighted by Crippen LogP contribution is 2.37. The second-order valence-corrected chi connectivity index (χ2v) is 6.79. The predicted octanol–water partition coefficient (Wildman–Crippen LogP) is 2.35. The van der Waals surface area contributed by atoms with Crippen molar-refractivity contribution in [2.45, 2.75) is 32.4 Å². The molecule has 0 aromatic heterocycles. The van der Waals surface area contributed by atoms with Crippen LogP contribution in [0.15, 0.2) is 24.3 Å². The maximum atomic E-state index is 12.5. The number of Topliss-reactive ketones (excluding diaryl/α,β-unsaturated/α-hetero) is 1. The van der Waals surface area contributed by atoms with Gasteiger partial charge in [0.05, 0.1) is 26.8 Å². The fourth-order valence-electron chi connectivity index (χ4n) is 2.78. The van der Waals surface area contributed by atoms with Crippen LogP contribution in [0.5, 0.6) is 5.75 Å². The first-order valence-corrected chi connectivity index (χ1v) is 7.92. The van der Waals surface area contributed by atoms with Gasteiger partial charge in [0.25, 0.3) is 0 Å². The Bertz CT molecular complexity index is 661. The summed E-state index contributed by atoms with van der Waals surface area (Å²) in [5.74, 6) is -1.49. The molecule has 2 rings (SSSR count). The summed E-state index contributed by atoms with van der Waals surface area (Å²) in [6.07, 6.45) is -0.645. The standard InChI is InChI=1S/C18H23NO6/c1-18(2,3)25-17(22)19-10-13(20)14(16(21)24-5)15(19)11-6-8-12(23-4)9-7-11/h6-9,14-15H,10H2,1-5H3/t14-,15+/m0/s1. The molecular weight excluding hydrogens is 326 g/mol. The Morgan fingerprint density at radius 3 is 2.20 bits per heavy atom. The normalized spacial score (nSPS) is 20.4. The van der Waals surface area contributed by atoms with E-state index in [9.17, 15) is 14.4 Å². The van der Waals surface area contributed by atoms with Crippen LogP contribution >= 0.6 is 0 Å². The fourth-order valence-corrected chi connectivity index (χ4v) is 2.78. The molecule has 25 heavy (non-hydrogen) atoms. The van der Waals surface area contributed by atoms with E-state index in [1.807, 2.05) is 0 Å². The lowest BCUT2D eigenvalue weighted by molar-refractivity contribution is -0.148. The zero-order valence-electron chi connectivity index (χ0n) is 15.1. The van der Waals surface area contributed by atoms with E-state index in [2.05, 4.69) is 0 Å². The average Bonchev–Trinajstić information content (AvgIpc) is 2.90. The third kappa shape index (κ3) is 4.10. The average molecular weight is 349 g/mol. The number of ether oxygens (including phenoxy) is 3. The third-order valence-corrected chi connectivity index (χ3v) is 3.87. The Hall–Kier alpha value is -2.57. The molecule has 0 aliphatic carbocycles. The quantitative estimate of drug-likeness (QED) is 0.615. The number of rotatable bonds is 3. The summed E-state index contributed by atoms with van der Waals surface area (Å²) in [5.41, 5.74) is -0.0820. The van der Waals surface area contributed by atoms with Crippen molar-refractivity contribution in [1.29, 1.82) is 0 Å². The lowest BCUT2D eigenvalue weighted by atomic mass is 9.93. The van der Waals surface area contributed by atoms with Gasteiger partial charge in [0.15, 0.2) is 5.78 Å². The molecule has 0 spiro atoms. The van der Waals surface area contributed by atoms with Crippen molar-refractivity contribution >= 4 is 17.8 Å². The van der Waals surface area contributed by atoms with Crippen LogP contribution in [-0.2, 0) is 19.1 Å². The van der Waals surface area contributed by atoms with E-state index in [4.69, 9.17) is 14.2 Å². The number of benzene rings is 1. The van der Waals surface area contributed by atoms with Crippen molar-refractivity contribution in [1.82, 2.24) is 4.90 Å². The highest BCUT2D eigenvalue weighted by atomic mass is 16.6. The molecular formula is C18H23NO6. The highest BCUT2D eigenvalue weighted by molar-refractivity contribution is 6.04. The maximum absolute atomic E-state index is 12.5. The fraction of sp³-hybridized carbons (Fsp3) is 0.500. The molecule has 1 amide bonds. The van der Waals surface area contributed by atoms with Crippen LogP contribution in [-0.4, -0.2) is 49.1 Å². The second-order valence-electron chi connectivity index (χ2n) is 6.79. The topological polar surface area (TPSA) is 82.1 Å².